The van der Waals surface area contributed by atoms with Gasteiger partial charge in [0.2, 0.25) is 0 Å². The summed E-state index contributed by atoms with van der Waals surface area (Å²) in [6.45, 7) is 3.60. The van der Waals surface area contributed by atoms with Crippen molar-refractivity contribution in [2.75, 3.05) is 19.6 Å². The normalized spacial score (nSPS) is 16.0. The van der Waals surface area contributed by atoms with Crippen LogP contribution in [0.2, 0.25) is 0 Å². The number of pyridine rings is 1. The summed E-state index contributed by atoms with van der Waals surface area (Å²) in [5, 5.41) is 12.2. The van der Waals surface area contributed by atoms with Crippen LogP contribution in [0.15, 0.2) is 60.9 Å². The van der Waals surface area contributed by atoms with Gasteiger partial charge in [0.15, 0.2) is 0 Å². The maximum absolute atomic E-state index is 9.59. The average Bonchev–Trinajstić information content (AvgIpc) is 2.74. The van der Waals surface area contributed by atoms with Gasteiger partial charge in [0.25, 0.3) is 0 Å². The lowest BCUT2D eigenvalue weighted by Crippen LogP contribution is -2.34. The van der Waals surface area contributed by atoms with E-state index in [1.54, 1.807) is 0 Å². The number of hydrogen-bond donors (Lipinski definition) is 1. The highest BCUT2D eigenvalue weighted by atomic mass is 16.3. The molecule has 1 fully saturated rings. The molecular formula is C24H28N2O. The Balaban J connectivity index is 1.30. The largest absolute Gasteiger partial charge is 0.392 e. The Morgan fingerprint density at radius 2 is 1.70 bits per heavy atom. The van der Waals surface area contributed by atoms with E-state index in [1.807, 2.05) is 18.5 Å². The third-order valence-electron chi connectivity index (χ3n) is 5.92. The van der Waals surface area contributed by atoms with Gasteiger partial charge in [-0.3, -0.25) is 4.98 Å². The highest BCUT2D eigenvalue weighted by Gasteiger charge is 2.21. The lowest BCUT2D eigenvalue weighted by molar-refractivity contribution is 0.208. The van der Waals surface area contributed by atoms with E-state index in [-0.39, 0.29) is 6.61 Å². The highest BCUT2D eigenvalue weighted by Crippen LogP contribution is 2.30. The van der Waals surface area contributed by atoms with Crippen LogP contribution in [0.5, 0.6) is 0 Å². The van der Waals surface area contributed by atoms with Gasteiger partial charge in [-0.05, 0) is 73.3 Å². The smallest absolute Gasteiger partial charge is 0.0684 e. The summed E-state index contributed by atoms with van der Waals surface area (Å²) < 4.78 is 0. The molecule has 0 radical (unpaired) electrons. The van der Waals surface area contributed by atoms with Crippen molar-refractivity contribution in [2.24, 2.45) is 0 Å². The highest BCUT2D eigenvalue weighted by molar-refractivity contribution is 5.84. The second kappa shape index (κ2) is 8.64. The molecule has 2 aromatic carbocycles. The summed E-state index contributed by atoms with van der Waals surface area (Å²) in [5.74, 6) is 0.590. The second-order valence-corrected chi connectivity index (χ2v) is 7.60. The predicted octanol–water partition coefficient (Wildman–Crippen LogP) is 4.54. The van der Waals surface area contributed by atoms with Crippen molar-refractivity contribution in [1.29, 1.82) is 0 Å². The quantitative estimate of drug-likeness (QED) is 0.701. The minimum atomic E-state index is 0.148. The van der Waals surface area contributed by atoms with E-state index in [2.05, 4.69) is 52.3 Å². The van der Waals surface area contributed by atoms with Crippen LogP contribution in [0.25, 0.3) is 10.8 Å². The first-order valence-electron chi connectivity index (χ1n) is 10.1. The van der Waals surface area contributed by atoms with Gasteiger partial charge in [0.05, 0.1) is 6.61 Å². The van der Waals surface area contributed by atoms with E-state index < -0.39 is 0 Å². The molecule has 2 heterocycles. The molecule has 0 unspecified atom stereocenters. The van der Waals surface area contributed by atoms with Gasteiger partial charge in [0.1, 0.15) is 0 Å². The van der Waals surface area contributed by atoms with Crippen LogP contribution in [0.3, 0.4) is 0 Å². The molecular weight excluding hydrogens is 332 g/mol. The van der Waals surface area contributed by atoms with Gasteiger partial charge in [-0.2, -0.15) is 0 Å². The van der Waals surface area contributed by atoms with Crippen molar-refractivity contribution in [3.05, 3.63) is 77.6 Å². The molecule has 0 aliphatic carbocycles. The van der Waals surface area contributed by atoms with E-state index in [4.69, 9.17) is 0 Å². The van der Waals surface area contributed by atoms with Gasteiger partial charge in [-0.25, -0.2) is 0 Å². The summed E-state index contributed by atoms with van der Waals surface area (Å²) in [6.07, 6.45) is 8.61. The number of nitrogens with zero attached hydrogens (tertiary/aromatic N) is 2. The Bertz CT molecular complexity index is 879. The fourth-order valence-electron chi connectivity index (χ4n) is 4.42. The number of benzene rings is 2. The van der Waals surface area contributed by atoms with E-state index in [0.29, 0.717) is 5.92 Å². The lowest BCUT2D eigenvalue weighted by atomic mass is 9.86. The van der Waals surface area contributed by atoms with E-state index in [1.165, 1.54) is 41.2 Å². The van der Waals surface area contributed by atoms with Crippen LogP contribution < -0.4 is 0 Å². The molecule has 0 amide bonds. The molecule has 1 aliphatic heterocycles. The Labute approximate surface area is 161 Å². The maximum Gasteiger partial charge on any atom is 0.0684 e. The third kappa shape index (κ3) is 4.20. The van der Waals surface area contributed by atoms with Gasteiger partial charge in [0, 0.05) is 17.8 Å². The fourth-order valence-corrected chi connectivity index (χ4v) is 4.42. The number of aryl methyl sites for hydroxylation is 1. The van der Waals surface area contributed by atoms with Crippen LogP contribution in [-0.4, -0.2) is 34.6 Å². The number of aliphatic hydroxyl groups is 1. The Kier molecular flexibility index (Phi) is 5.81. The molecule has 1 aromatic heterocycles. The molecule has 1 aliphatic rings. The summed E-state index contributed by atoms with van der Waals surface area (Å²) in [5.41, 5.74) is 3.81. The molecule has 1 N–H and O–H groups in total. The van der Waals surface area contributed by atoms with Crippen LogP contribution in [0.1, 0.15) is 41.9 Å². The van der Waals surface area contributed by atoms with Crippen molar-refractivity contribution in [3.8, 4) is 0 Å². The number of aliphatic hydroxyl groups excluding tert-OH is 1. The van der Waals surface area contributed by atoms with Crippen molar-refractivity contribution in [2.45, 2.75) is 38.2 Å². The van der Waals surface area contributed by atoms with Crippen molar-refractivity contribution in [1.82, 2.24) is 9.88 Å². The molecule has 0 atom stereocenters. The van der Waals surface area contributed by atoms with Gasteiger partial charge >= 0.3 is 0 Å². The summed E-state index contributed by atoms with van der Waals surface area (Å²) in [4.78, 5) is 7.00. The molecule has 1 saturated heterocycles. The number of piperidine rings is 1. The molecule has 3 aromatic rings. The number of fused-ring (bicyclic) bond motifs is 1. The van der Waals surface area contributed by atoms with Crippen LogP contribution in [0.4, 0.5) is 0 Å². The van der Waals surface area contributed by atoms with Gasteiger partial charge < -0.3 is 10.0 Å². The summed E-state index contributed by atoms with van der Waals surface area (Å²) >= 11 is 0. The molecule has 4 rings (SSSR count). The summed E-state index contributed by atoms with van der Waals surface area (Å²) in [6, 6.07) is 16.9. The van der Waals surface area contributed by atoms with Crippen molar-refractivity contribution >= 4 is 10.8 Å². The first kappa shape index (κ1) is 18.1. The molecule has 27 heavy (non-hydrogen) atoms. The zero-order chi connectivity index (χ0) is 18.5. The fraction of sp³-hybridized carbons (Fsp3) is 0.375. The van der Waals surface area contributed by atoms with E-state index in [0.717, 1.165) is 31.6 Å². The predicted molar refractivity (Wildman–Crippen MR) is 111 cm³/mol. The van der Waals surface area contributed by atoms with Crippen LogP contribution >= 0.6 is 0 Å². The molecule has 0 spiro atoms. The Hall–Kier alpha value is -2.23. The molecule has 0 bridgehead atoms. The number of rotatable bonds is 6. The molecule has 3 heteroatoms. The monoisotopic (exact) mass is 360 g/mol. The zero-order valence-electron chi connectivity index (χ0n) is 15.8. The van der Waals surface area contributed by atoms with Crippen LogP contribution in [0, 0.1) is 0 Å². The second-order valence-electron chi connectivity index (χ2n) is 7.60. The minimum Gasteiger partial charge on any atom is -0.392 e. The summed E-state index contributed by atoms with van der Waals surface area (Å²) in [7, 11) is 0. The first-order chi connectivity index (χ1) is 13.3. The molecule has 0 saturated carbocycles. The van der Waals surface area contributed by atoms with Gasteiger partial charge in [-0.15, -0.1) is 0 Å². The lowest BCUT2D eigenvalue weighted by Gasteiger charge is -2.33. The standard InChI is InChI=1S/C24H28N2O/c27-18-22-7-2-4-9-23(22)19-11-14-26(15-12-19)13-5-8-21-17-25-16-20-6-1-3-10-24(20)21/h1-4,6-7,9-10,16-17,19,27H,5,8,11-15,18H2. The Morgan fingerprint density at radius 1 is 0.926 bits per heavy atom. The minimum absolute atomic E-state index is 0.148. The van der Waals surface area contributed by atoms with E-state index >= 15 is 0 Å². The third-order valence-corrected chi connectivity index (χ3v) is 5.92. The van der Waals surface area contributed by atoms with E-state index in [9.17, 15) is 5.11 Å². The maximum atomic E-state index is 9.59. The SMILES string of the molecule is OCc1ccccc1C1CCN(CCCc2cncc3ccccc23)CC1. The average molecular weight is 361 g/mol. The Morgan fingerprint density at radius 3 is 2.56 bits per heavy atom. The van der Waals surface area contributed by atoms with Crippen LogP contribution in [-0.2, 0) is 13.0 Å². The zero-order valence-corrected chi connectivity index (χ0v) is 15.8. The number of aromatic nitrogens is 1. The van der Waals surface area contributed by atoms with Crippen molar-refractivity contribution in [3.63, 3.8) is 0 Å². The first-order valence-corrected chi connectivity index (χ1v) is 10.1. The van der Waals surface area contributed by atoms with Crippen molar-refractivity contribution < 1.29 is 5.11 Å². The topological polar surface area (TPSA) is 36.4 Å². The van der Waals surface area contributed by atoms with Gasteiger partial charge in [-0.1, -0.05) is 48.5 Å². The number of hydrogen-bond acceptors (Lipinski definition) is 3. The molecule has 140 valence electrons. The number of likely N-dealkylation sites (tertiary alicyclic amines) is 1. The molecule has 3 nitrogen and oxygen atoms in total.